The van der Waals surface area contributed by atoms with Crippen molar-refractivity contribution in [3.63, 3.8) is 0 Å². The van der Waals surface area contributed by atoms with E-state index in [0.717, 1.165) is 12.1 Å². The van der Waals surface area contributed by atoms with Crippen LogP contribution in [0.1, 0.15) is 54.4 Å². The van der Waals surface area contributed by atoms with Gasteiger partial charge in [-0.2, -0.15) is 18.4 Å². The van der Waals surface area contributed by atoms with E-state index in [1.165, 1.54) is 18.2 Å². The highest BCUT2D eigenvalue weighted by atomic mass is 32.2. The molecule has 0 spiro atoms. The zero-order valence-corrected chi connectivity index (χ0v) is 17.9. The molecule has 1 aliphatic heterocycles. The van der Waals surface area contributed by atoms with Crippen molar-refractivity contribution in [1.82, 2.24) is 9.62 Å². The predicted molar refractivity (Wildman–Crippen MR) is 111 cm³/mol. The van der Waals surface area contributed by atoms with Gasteiger partial charge in [-0.15, -0.1) is 0 Å². The molecule has 1 amide bonds. The Balaban J connectivity index is 1.53. The lowest BCUT2D eigenvalue weighted by Crippen LogP contribution is -2.56. The monoisotopic (exact) mass is 454 g/mol. The Hall–Kier alpha value is -1.96. The van der Waals surface area contributed by atoms with Gasteiger partial charge < -0.3 is 14.8 Å². The van der Waals surface area contributed by atoms with Crippen LogP contribution in [0, 0.1) is 16.7 Å². The predicted octanol–water partition coefficient (Wildman–Crippen LogP) is 4.36. The molecular weight excluding hydrogens is 429 g/mol. The fourth-order valence-corrected chi connectivity index (χ4v) is 5.34. The molecule has 1 aromatic carbocycles. The number of morpholine rings is 1. The van der Waals surface area contributed by atoms with E-state index in [9.17, 15) is 23.2 Å². The molecule has 1 saturated heterocycles. The largest absolute Gasteiger partial charge is 0.416 e. The molecule has 6 nitrogen and oxygen atoms in total. The molecule has 0 radical (unpaired) electrons. The maximum absolute atomic E-state index is 13.3. The maximum Gasteiger partial charge on any atom is 0.416 e. The first-order valence-corrected chi connectivity index (χ1v) is 11.2. The van der Waals surface area contributed by atoms with Gasteiger partial charge in [-0.3, -0.25) is 4.79 Å². The smallest absolute Gasteiger partial charge is 0.379 e. The second kappa shape index (κ2) is 8.52. The first kappa shape index (κ1) is 22.2. The number of nitriles is 1. The minimum Gasteiger partial charge on any atom is -0.379 e. The number of hydrogen-bond donors (Lipinski definition) is 2. The summed E-state index contributed by atoms with van der Waals surface area (Å²) in [5.41, 5.74) is -1.28. The SMILES string of the molecule is N#CC12CCC(NC(=O)c3cc(C(F)(F)F)ccc3NSN3CCOCC3)(CC1)CC2. The summed E-state index contributed by atoms with van der Waals surface area (Å²) < 4.78 is 50.3. The van der Waals surface area contributed by atoms with Gasteiger partial charge in [0.1, 0.15) is 0 Å². The van der Waals surface area contributed by atoms with Gasteiger partial charge >= 0.3 is 6.18 Å². The Morgan fingerprint density at radius 2 is 1.77 bits per heavy atom. The van der Waals surface area contributed by atoms with E-state index in [2.05, 4.69) is 16.1 Å². The number of rotatable bonds is 5. The van der Waals surface area contributed by atoms with Crippen molar-refractivity contribution >= 4 is 23.7 Å². The number of carbonyl (C=O) groups excluding carboxylic acids is 1. The highest BCUT2D eigenvalue weighted by molar-refractivity contribution is 7.98. The number of carbonyl (C=O) groups is 1. The molecule has 0 unspecified atom stereocenters. The number of nitrogens with zero attached hydrogens (tertiary/aromatic N) is 2. The summed E-state index contributed by atoms with van der Waals surface area (Å²) in [5, 5.41) is 12.5. The Labute approximate surface area is 183 Å². The van der Waals surface area contributed by atoms with Crippen LogP contribution in [-0.2, 0) is 10.9 Å². The van der Waals surface area contributed by atoms with Crippen molar-refractivity contribution in [1.29, 1.82) is 5.26 Å². The van der Waals surface area contributed by atoms with E-state index in [4.69, 9.17) is 4.74 Å². The first-order chi connectivity index (χ1) is 14.7. The number of anilines is 1. The second-order valence-electron chi connectivity index (χ2n) is 8.62. The van der Waals surface area contributed by atoms with Crippen LogP contribution in [-0.4, -0.2) is 42.1 Å². The van der Waals surface area contributed by atoms with Crippen LogP contribution in [0.4, 0.5) is 18.9 Å². The van der Waals surface area contributed by atoms with E-state index in [0.29, 0.717) is 70.5 Å². The number of amides is 1. The highest BCUT2D eigenvalue weighted by Crippen LogP contribution is 2.52. The van der Waals surface area contributed by atoms with E-state index >= 15 is 0 Å². The van der Waals surface area contributed by atoms with E-state index < -0.39 is 23.2 Å². The molecule has 0 aromatic heterocycles. The average molecular weight is 455 g/mol. The van der Waals surface area contributed by atoms with Crippen LogP contribution >= 0.6 is 12.1 Å². The van der Waals surface area contributed by atoms with E-state index in [1.54, 1.807) is 0 Å². The molecular formula is C21H25F3N4O2S. The lowest BCUT2D eigenvalue weighted by atomic mass is 9.58. The van der Waals surface area contributed by atoms with Crippen LogP contribution in [0.2, 0.25) is 0 Å². The van der Waals surface area contributed by atoms with Gasteiger partial charge in [-0.1, -0.05) is 0 Å². The Bertz CT molecular complexity index is 856. The third-order valence-electron chi connectivity index (χ3n) is 6.71. The van der Waals surface area contributed by atoms with Gasteiger partial charge in [0, 0.05) is 30.8 Å². The second-order valence-corrected chi connectivity index (χ2v) is 9.52. The van der Waals surface area contributed by atoms with Crippen LogP contribution in [0.15, 0.2) is 18.2 Å². The van der Waals surface area contributed by atoms with Crippen molar-refractivity contribution in [2.75, 3.05) is 31.0 Å². The summed E-state index contributed by atoms with van der Waals surface area (Å²) in [5.74, 6) is -0.512. The third-order valence-corrected chi connectivity index (χ3v) is 7.64. The molecule has 1 heterocycles. The molecule has 3 saturated carbocycles. The molecule has 5 rings (SSSR count). The Kier molecular flexibility index (Phi) is 6.12. The van der Waals surface area contributed by atoms with Gasteiger partial charge in [0.2, 0.25) is 0 Å². The molecule has 0 atom stereocenters. The summed E-state index contributed by atoms with van der Waals surface area (Å²) in [6, 6.07) is 5.64. The van der Waals surface area contributed by atoms with Crippen molar-refractivity contribution in [3.8, 4) is 6.07 Å². The van der Waals surface area contributed by atoms with Gasteiger partial charge in [0.15, 0.2) is 0 Å². The van der Waals surface area contributed by atoms with Gasteiger partial charge in [0.25, 0.3) is 5.91 Å². The number of nitrogens with one attached hydrogen (secondary N) is 2. The number of halogens is 3. The van der Waals surface area contributed by atoms with Crippen LogP contribution < -0.4 is 10.0 Å². The topological polar surface area (TPSA) is 77.4 Å². The summed E-state index contributed by atoms with van der Waals surface area (Å²) in [4.78, 5) is 13.2. The molecule has 3 aliphatic carbocycles. The molecule has 168 valence electrons. The lowest BCUT2D eigenvalue weighted by molar-refractivity contribution is -0.137. The minimum atomic E-state index is -4.54. The summed E-state index contributed by atoms with van der Waals surface area (Å²) in [6.45, 7) is 2.54. The van der Waals surface area contributed by atoms with Gasteiger partial charge in [-0.25, -0.2) is 4.31 Å². The maximum atomic E-state index is 13.3. The first-order valence-electron chi connectivity index (χ1n) is 10.5. The quantitative estimate of drug-likeness (QED) is 0.644. The van der Waals surface area contributed by atoms with Crippen molar-refractivity contribution in [2.24, 2.45) is 5.41 Å². The van der Waals surface area contributed by atoms with Crippen LogP contribution in [0.5, 0.6) is 0 Å². The minimum absolute atomic E-state index is 0.0207. The van der Waals surface area contributed by atoms with Crippen molar-refractivity contribution in [3.05, 3.63) is 29.3 Å². The number of fused-ring (bicyclic) bond motifs is 3. The zero-order valence-electron chi connectivity index (χ0n) is 17.1. The van der Waals surface area contributed by atoms with E-state index in [1.807, 2.05) is 4.31 Å². The Morgan fingerprint density at radius 3 is 2.35 bits per heavy atom. The highest BCUT2D eigenvalue weighted by Gasteiger charge is 2.49. The Morgan fingerprint density at radius 1 is 1.13 bits per heavy atom. The molecule has 4 fully saturated rings. The summed E-state index contributed by atoms with van der Waals surface area (Å²) in [6.07, 6.45) is -0.367. The fourth-order valence-electron chi connectivity index (χ4n) is 4.60. The molecule has 1 aromatic rings. The molecule has 4 aliphatic rings. The molecule has 2 bridgehead atoms. The number of hydrogen-bond acceptors (Lipinski definition) is 6. The number of alkyl halides is 3. The standard InChI is InChI=1S/C21H25F3N4O2S/c22-21(23,24)15-1-2-17(27-31-28-9-11-30-12-10-28)16(13-15)18(29)26-20-6-3-19(14-25,4-7-20)5-8-20/h1-2,13,27H,3-12H2,(H,26,29). The zero-order chi connectivity index (χ0) is 22.1. The molecule has 10 heteroatoms. The number of benzene rings is 1. The summed E-state index contributed by atoms with van der Waals surface area (Å²) >= 11 is 1.26. The molecule has 2 N–H and O–H groups in total. The van der Waals surface area contributed by atoms with Crippen molar-refractivity contribution < 1.29 is 22.7 Å². The molecule has 31 heavy (non-hydrogen) atoms. The summed E-state index contributed by atoms with van der Waals surface area (Å²) in [7, 11) is 0. The van der Waals surface area contributed by atoms with Crippen LogP contribution in [0.25, 0.3) is 0 Å². The van der Waals surface area contributed by atoms with E-state index in [-0.39, 0.29) is 11.0 Å². The van der Waals surface area contributed by atoms with Crippen LogP contribution in [0.3, 0.4) is 0 Å². The van der Waals surface area contributed by atoms with Gasteiger partial charge in [-0.05, 0) is 56.7 Å². The lowest BCUT2D eigenvalue weighted by Gasteiger charge is -2.50. The van der Waals surface area contributed by atoms with Gasteiger partial charge in [0.05, 0.1) is 41.5 Å². The number of ether oxygens (including phenoxy) is 1. The average Bonchev–Trinajstić information content (AvgIpc) is 2.78. The van der Waals surface area contributed by atoms with Crippen molar-refractivity contribution in [2.45, 2.75) is 50.2 Å². The third kappa shape index (κ3) is 4.78. The fraction of sp³-hybridized carbons (Fsp3) is 0.619. The normalized spacial score (nSPS) is 28.7.